The fraction of sp³-hybridized carbons (Fsp3) is 0.636. The highest BCUT2D eigenvalue weighted by atomic mass is 19.3. The molecule has 20 heavy (non-hydrogen) atoms. The van der Waals surface area contributed by atoms with Gasteiger partial charge < -0.3 is 20.2 Å². The van der Waals surface area contributed by atoms with Gasteiger partial charge >= 0.3 is 0 Å². The molecule has 7 nitrogen and oxygen atoms in total. The minimum absolute atomic E-state index is 0.0411. The molecular weight excluding hydrogens is 272 g/mol. The number of hydrogen-bond donors (Lipinski definition) is 3. The number of nitrogens with zero attached hydrogens (tertiary/aromatic N) is 3. The number of alkyl halides is 2. The predicted octanol–water partition coefficient (Wildman–Crippen LogP) is 0.362. The minimum atomic E-state index is -2.54. The highest BCUT2D eigenvalue weighted by Gasteiger charge is 2.15. The molecule has 0 saturated carbocycles. The van der Waals surface area contributed by atoms with Gasteiger partial charge in [0, 0.05) is 19.2 Å². The third kappa shape index (κ3) is 5.19. The van der Waals surface area contributed by atoms with Crippen LogP contribution in [0.15, 0.2) is 6.07 Å². The van der Waals surface area contributed by atoms with Crippen LogP contribution in [-0.4, -0.2) is 47.8 Å². The Hall–Kier alpha value is -1.58. The molecule has 0 atom stereocenters. The molecule has 1 aromatic heterocycles. The van der Waals surface area contributed by atoms with E-state index in [0.29, 0.717) is 18.2 Å². The Kier molecular flexibility index (Phi) is 7.05. The second kappa shape index (κ2) is 8.56. The number of rotatable bonds is 9. The fourth-order valence-electron chi connectivity index (χ4n) is 1.56. The van der Waals surface area contributed by atoms with Crippen molar-refractivity contribution in [1.29, 1.82) is 0 Å². The molecule has 0 amide bonds. The van der Waals surface area contributed by atoms with E-state index in [1.165, 1.54) is 11.0 Å². The van der Waals surface area contributed by atoms with Gasteiger partial charge in [0.15, 0.2) is 5.82 Å². The van der Waals surface area contributed by atoms with Gasteiger partial charge in [-0.25, -0.2) is 24.6 Å². The van der Waals surface area contributed by atoms with Gasteiger partial charge in [-0.05, 0) is 6.92 Å². The van der Waals surface area contributed by atoms with E-state index in [1.54, 1.807) is 0 Å². The molecule has 1 aromatic rings. The van der Waals surface area contributed by atoms with Crippen LogP contribution in [0.25, 0.3) is 0 Å². The van der Waals surface area contributed by atoms with E-state index in [-0.39, 0.29) is 25.6 Å². The number of aliphatic hydroxyl groups excluding tert-OH is 1. The number of ether oxygens (including phenoxy) is 1. The molecule has 1 heterocycles. The van der Waals surface area contributed by atoms with Crippen molar-refractivity contribution >= 4 is 11.6 Å². The number of halogens is 2. The van der Waals surface area contributed by atoms with Crippen LogP contribution in [0, 0.1) is 0 Å². The number of anilines is 2. The first kappa shape index (κ1) is 16.5. The zero-order chi connectivity index (χ0) is 15.0. The second-order valence-electron chi connectivity index (χ2n) is 3.87. The van der Waals surface area contributed by atoms with Gasteiger partial charge in [-0.3, -0.25) is 0 Å². The minimum Gasteiger partial charge on any atom is -0.395 e. The lowest BCUT2D eigenvalue weighted by atomic mass is 10.4. The molecule has 0 unspecified atom stereocenters. The third-order valence-electron chi connectivity index (χ3n) is 2.39. The maximum atomic E-state index is 12.5. The zero-order valence-corrected chi connectivity index (χ0v) is 11.2. The molecule has 0 radical (unpaired) electrons. The van der Waals surface area contributed by atoms with Crippen molar-refractivity contribution in [2.45, 2.75) is 20.0 Å². The highest BCUT2D eigenvalue weighted by molar-refractivity contribution is 5.49. The summed E-state index contributed by atoms with van der Waals surface area (Å²) in [6.07, 6.45) is -2.54. The van der Waals surface area contributed by atoms with Crippen molar-refractivity contribution in [3.63, 3.8) is 0 Å². The van der Waals surface area contributed by atoms with Crippen molar-refractivity contribution in [2.24, 2.45) is 5.84 Å². The summed E-state index contributed by atoms with van der Waals surface area (Å²) in [4.78, 5) is 9.47. The van der Waals surface area contributed by atoms with Crippen molar-refractivity contribution in [2.75, 3.05) is 36.6 Å². The number of hydrazine groups is 1. The molecule has 114 valence electrons. The first-order chi connectivity index (χ1) is 9.60. The van der Waals surface area contributed by atoms with Crippen molar-refractivity contribution in [1.82, 2.24) is 9.97 Å². The van der Waals surface area contributed by atoms with Gasteiger partial charge in [0.2, 0.25) is 0 Å². The van der Waals surface area contributed by atoms with Crippen LogP contribution in [0.4, 0.5) is 20.4 Å². The molecule has 4 N–H and O–H groups in total. The van der Waals surface area contributed by atoms with E-state index in [4.69, 9.17) is 15.7 Å². The van der Waals surface area contributed by atoms with E-state index in [0.717, 1.165) is 0 Å². The Bertz CT molecular complexity index is 408. The third-order valence-corrected chi connectivity index (χ3v) is 2.39. The molecule has 1 rings (SSSR count). The number of aromatic nitrogens is 2. The van der Waals surface area contributed by atoms with E-state index < -0.39 is 13.0 Å². The summed E-state index contributed by atoms with van der Waals surface area (Å²) in [6, 6.07) is 1.44. The van der Waals surface area contributed by atoms with Gasteiger partial charge in [0.05, 0.1) is 13.2 Å². The van der Waals surface area contributed by atoms with Crippen molar-refractivity contribution in [3.8, 4) is 0 Å². The van der Waals surface area contributed by atoms with Gasteiger partial charge in [-0.15, -0.1) is 0 Å². The van der Waals surface area contributed by atoms with E-state index in [1.807, 2.05) is 6.92 Å². The Balaban J connectivity index is 2.98. The molecule has 0 spiro atoms. The van der Waals surface area contributed by atoms with E-state index in [9.17, 15) is 8.78 Å². The SMILES string of the molecule is CCOCc1nc(NN)cc(N(CCO)CC(F)F)n1. The predicted molar refractivity (Wildman–Crippen MR) is 70.5 cm³/mol. The molecule has 0 aliphatic rings. The number of aliphatic hydroxyl groups is 1. The smallest absolute Gasteiger partial charge is 0.255 e. The van der Waals surface area contributed by atoms with Crippen LogP contribution in [0.3, 0.4) is 0 Å². The molecule has 0 bridgehead atoms. The molecule has 0 saturated heterocycles. The van der Waals surface area contributed by atoms with Crippen LogP contribution in [0.2, 0.25) is 0 Å². The molecule has 0 aliphatic carbocycles. The summed E-state index contributed by atoms with van der Waals surface area (Å²) in [5.41, 5.74) is 2.35. The van der Waals surface area contributed by atoms with Crippen molar-refractivity contribution in [3.05, 3.63) is 11.9 Å². The second-order valence-corrected chi connectivity index (χ2v) is 3.87. The Morgan fingerprint density at radius 3 is 2.80 bits per heavy atom. The lowest BCUT2D eigenvalue weighted by Gasteiger charge is -2.23. The lowest BCUT2D eigenvalue weighted by Crippen LogP contribution is -2.32. The van der Waals surface area contributed by atoms with E-state index in [2.05, 4.69) is 15.4 Å². The first-order valence-corrected chi connectivity index (χ1v) is 6.17. The summed E-state index contributed by atoms with van der Waals surface area (Å²) in [5, 5.41) is 8.95. The van der Waals surface area contributed by atoms with Crippen LogP contribution >= 0.6 is 0 Å². The topological polar surface area (TPSA) is 96.5 Å². The Labute approximate surface area is 115 Å². The summed E-state index contributed by atoms with van der Waals surface area (Å²) in [6.45, 7) is 1.70. The standard InChI is InChI=1S/C11H19F2N5O2/c1-2-20-7-10-15-9(17-14)5-11(16-10)18(3-4-19)6-8(12)13/h5,8,19H,2-4,6-7,14H2,1H3,(H,15,16,17). The Morgan fingerprint density at radius 1 is 1.50 bits per heavy atom. The molecule has 9 heteroatoms. The highest BCUT2D eigenvalue weighted by Crippen LogP contribution is 2.17. The van der Waals surface area contributed by atoms with Gasteiger partial charge in [0.1, 0.15) is 18.2 Å². The quantitative estimate of drug-likeness (QED) is 0.446. The van der Waals surface area contributed by atoms with Crippen LogP contribution < -0.4 is 16.2 Å². The largest absolute Gasteiger partial charge is 0.395 e. The van der Waals surface area contributed by atoms with E-state index >= 15 is 0 Å². The number of nitrogens with two attached hydrogens (primary N) is 1. The maximum Gasteiger partial charge on any atom is 0.255 e. The fourth-order valence-corrected chi connectivity index (χ4v) is 1.56. The Morgan fingerprint density at radius 2 is 2.25 bits per heavy atom. The van der Waals surface area contributed by atoms with Gasteiger partial charge in [-0.2, -0.15) is 0 Å². The van der Waals surface area contributed by atoms with Gasteiger partial charge in [0.25, 0.3) is 6.43 Å². The summed E-state index contributed by atoms with van der Waals surface area (Å²) in [5.74, 6) is 6.18. The monoisotopic (exact) mass is 291 g/mol. The van der Waals surface area contributed by atoms with Crippen LogP contribution in [0.5, 0.6) is 0 Å². The van der Waals surface area contributed by atoms with Gasteiger partial charge in [-0.1, -0.05) is 0 Å². The van der Waals surface area contributed by atoms with Crippen LogP contribution in [0.1, 0.15) is 12.7 Å². The average Bonchev–Trinajstić information content (AvgIpc) is 2.43. The average molecular weight is 291 g/mol. The summed E-state index contributed by atoms with van der Waals surface area (Å²) < 4.78 is 30.3. The van der Waals surface area contributed by atoms with Crippen LogP contribution in [-0.2, 0) is 11.3 Å². The number of nitrogen functional groups attached to an aromatic ring is 1. The maximum absolute atomic E-state index is 12.5. The molecule has 0 aromatic carbocycles. The lowest BCUT2D eigenvalue weighted by molar-refractivity contribution is 0.128. The number of nitrogens with one attached hydrogen (secondary N) is 1. The number of hydrogen-bond acceptors (Lipinski definition) is 7. The molecular formula is C11H19F2N5O2. The summed E-state index contributed by atoms with van der Waals surface area (Å²) >= 11 is 0. The first-order valence-electron chi connectivity index (χ1n) is 6.17. The normalized spacial score (nSPS) is 10.9. The molecule has 0 aliphatic heterocycles. The zero-order valence-electron chi connectivity index (χ0n) is 11.2. The van der Waals surface area contributed by atoms with Crippen molar-refractivity contribution < 1.29 is 18.6 Å². The summed E-state index contributed by atoms with van der Waals surface area (Å²) in [7, 11) is 0. The molecule has 0 fully saturated rings.